The fourth-order valence-corrected chi connectivity index (χ4v) is 2.87. The normalized spacial score (nSPS) is 16.3. The van der Waals surface area contributed by atoms with Crippen molar-refractivity contribution in [2.24, 2.45) is 0 Å². The van der Waals surface area contributed by atoms with Crippen LogP contribution in [0.5, 0.6) is 0 Å². The second-order valence-electron chi connectivity index (χ2n) is 5.88. The Morgan fingerprint density at radius 3 is 3.00 bits per heavy atom. The second kappa shape index (κ2) is 6.95. The molecular weight excluding hydrogens is 232 g/mol. The summed E-state index contributed by atoms with van der Waals surface area (Å²) < 4.78 is 0. The molecule has 0 spiro atoms. The maximum atomic E-state index is 3.56. The first-order valence-corrected chi connectivity index (χ1v) is 7.77. The van der Waals surface area contributed by atoms with Crippen molar-refractivity contribution in [1.82, 2.24) is 5.32 Å². The zero-order valence-corrected chi connectivity index (χ0v) is 12.7. The molecule has 2 rings (SSSR count). The van der Waals surface area contributed by atoms with Crippen LogP contribution in [0.4, 0.5) is 5.69 Å². The zero-order chi connectivity index (χ0) is 13.7. The monoisotopic (exact) mass is 260 g/mol. The summed E-state index contributed by atoms with van der Waals surface area (Å²) in [5, 5.41) is 3.56. The van der Waals surface area contributed by atoms with Gasteiger partial charge in [0.2, 0.25) is 0 Å². The lowest BCUT2D eigenvalue weighted by molar-refractivity contribution is 0.513. The Bertz CT molecular complexity index is 400. The maximum absolute atomic E-state index is 3.56. The molecule has 0 aliphatic carbocycles. The van der Waals surface area contributed by atoms with Gasteiger partial charge in [-0.1, -0.05) is 19.1 Å². The van der Waals surface area contributed by atoms with Crippen molar-refractivity contribution in [1.29, 1.82) is 0 Å². The molecule has 1 N–H and O–H groups in total. The topological polar surface area (TPSA) is 15.3 Å². The van der Waals surface area contributed by atoms with E-state index >= 15 is 0 Å². The lowest BCUT2D eigenvalue weighted by Gasteiger charge is -2.28. The third kappa shape index (κ3) is 3.97. The first-order valence-electron chi connectivity index (χ1n) is 7.77. The van der Waals surface area contributed by atoms with Gasteiger partial charge in [0.05, 0.1) is 0 Å². The first kappa shape index (κ1) is 14.4. The van der Waals surface area contributed by atoms with Crippen LogP contribution in [-0.2, 0) is 12.8 Å². The largest absolute Gasteiger partial charge is 0.374 e. The Kier molecular flexibility index (Phi) is 5.26. The molecule has 1 atom stereocenters. The van der Waals surface area contributed by atoms with Crippen LogP contribution in [0.2, 0.25) is 0 Å². The number of benzene rings is 1. The molecule has 0 radical (unpaired) electrons. The minimum Gasteiger partial charge on any atom is -0.374 e. The Morgan fingerprint density at radius 2 is 2.21 bits per heavy atom. The molecule has 2 nitrogen and oxygen atoms in total. The van der Waals surface area contributed by atoms with Crippen LogP contribution in [0.15, 0.2) is 18.2 Å². The van der Waals surface area contributed by atoms with Crippen LogP contribution in [0.3, 0.4) is 0 Å². The van der Waals surface area contributed by atoms with Crippen LogP contribution in [0, 0.1) is 0 Å². The van der Waals surface area contributed by atoms with E-state index in [1.807, 2.05) is 0 Å². The van der Waals surface area contributed by atoms with Gasteiger partial charge in [0, 0.05) is 25.3 Å². The van der Waals surface area contributed by atoms with E-state index in [0.717, 1.165) is 6.54 Å². The Labute approximate surface area is 118 Å². The number of hydrogen-bond acceptors (Lipinski definition) is 2. The lowest BCUT2D eigenvalue weighted by atomic mass is 9.97. The highest BCUT2D eigenvalue weighted by Gasteiger charge is 2.13. The van der Waals surface area contributed by atoms with E-state index in [1.54, 1.807) is 5.56 Å². The molecule has 0 aromatic heterocycles. The number of hydrogen-bond donors (Lipinski definition) is 1. The standard InChI is InChI=1S/C17H28N2/c1-4-11-18-14(2)7-8-15-9-10-17-16(13-15)6-5-12-19(17)3/h9-10,13-14,18H,4-8,11-12H2,1-3H3. The van der Waals surface area contributed by atoms with Crippen molar-refractivity contribution in [2.75, 3.05) is 25.0 Å². The summed E-state index contributed by atoms with van der Waals surface area (Å²) in [5.74, 6) is 0. The average Bonchev–Trinajstić information content (AvgIpc) is 2.43. The summed E-state index contributed by atoms with van der Waals surface area (Å²) in [5.41, 5.74) is 4.48. The number of nitrogens with zero attached hydrogens (tertiary/aromatic N) is 1. The zero-order valence-electron chi connectivity index (χ0n) is 12.7. The lowest BCUT2D eigenvalue weighted by Crippen LogP contribution is -2.27. The smallest absolute Gasteiger partial charge is 0.0396 e. The molecule has 1 aliphatic rings. The van der Waals surface area contributed by atoms with Gasteiger partial charge in [-0.3, -0.25) is 0 Å². The van der Waals surface area contributed by atoms with Crippen LogP contribution in [0.25, 0.3) is 0 Å². The predicted octanol–water partition coefficient (Wildman–Crippen LogP) is 3.39. The SMILES string of the molecule is CCCNC(C)CCc1ccc2c(c1)CCCN2C. The third-order valence-electron chi connectivity index (χ3n) is 4.10. The van der Waals surface area contributed by atoms with Crippen molar-refractivity contribution < 1.29 is 0 Å². The first-order chi connectivity index (χ1) is 9.20. The molecule has 0 saturated heterocycles. The maximum Gasteiger partial charge on any atom is 0.0396 e. The molecule has 0 amide bonds. The number of aryl methyl sites for hydroxylation is 2. The van der Waals surface area contributed by atoms with E-state index in [9.17, 15) is 0 Å². The van der Waals surface area contributed by atoms with Gasteiger partial charge in [-0.15, -0.1) is 0 Å². The number of nitrogens with one attached hydrogen (secondary N) is 1. The molecule has 0 saturated carbocycles. The summed E-state index contributed by atoms with van der Waals surface area (Å²) in [6.45, 7) is 6.85. The van der Waals surface area contributed by atoms with Crippen molar-refractivity contribution in [2.45, 2.75) is 52.0 Å². The fourth-order valence-electron chi connectivity index (χ4n) is 2.87. The third-order valence-corrected chi connectivity index (χ3v) is 4.10. The number of anilines is 1. The molecule has 1 unspecified atom stereocenters. The summed E-state index contributed by atoms with van der Waals surface area (Å²) in [7, 11) is 2.20. The van der Waals surface area contributed by atoms with E-state index in [4.69, 9.17) is 0 Å². The van der Waals surface area contributed by atoms with Crippen molar-refractivity contribution in [3.8, 4) is 0 Å². The van der Waals surface area contributed by atoms with E-state index in [0.29, 0.717) is 6.04 Å². The highest BCUT2D eigenvalue weighted by molar-refractivity contribution is 5.56. The van der Waals surface area contributed by atoms with Gasteiger partial charge in [0.15, 0.2) is 0 Å². The van der Waals surface area contributed by atoms with Gasteiger partial charge in [0.25, 0.3) is 0 Å². The van der Waals surface area contributed by atoms with Gasteiger partial charge in [-0.05, 0) is 62.8 Å². The number of fused-ring (bicyclic) bond motifs is 1. The molecule has 1 heterocycles. The molecule has 19 heavy (non-hydrogen) atoms. The van der Waals surface area contributed by atoms with E-state index in [-0.39, 0.29) is 0 Å². The van der Waals surface area contributed by atoms with Gasteiger partial charge < -0.3 is 10.2 Å². The van der Waals surface area contributed by atoms with Crippen LogP contribution in [-0.4, -0.2) is 26.2 Å². The van der Waals surface area contributed by atoms with Gasteiger partial charge in [-0.25, -0.2) is 0 Å². The minimum atomic E-state index is 0.624. The van der Waals surface area contributed by atoms with Crippen molar-refractivity contribution in [3.63, 3.8) is 0 Å². The van der Waals surface area contributed by atoms with Crippen LogP contribution < -0.4 is 10.2 Å². The Balaban J connectivity index is 1.91. The average molecular weight is 260 g/mol. The molecule has 2 heteroatoms. The van der Waals surface area contributed by atoms with Crippen LogP contribution in [0.1, 0.15) is 44.2 Å². The molecule has 0 fully saturated rings. The summed E-state index contributed by atoms with van der Waals surface area (Å²) in [6.07, 6.45) is 6.18. The molecule has 1 aromatic carbocycles. The molecule has 106 valence electrons. The summed E-state index contributed by atoms with van der Waals surface area (Å²) >= 11 is 0. The predicted molar refractivity (Wildman–Crippen MR) is 84.1 cm³/mol. The second-order valence-corrected chi connectivity index (χ2v) is 5.88. The van der Waals surface area contributed by atoms with E-state index in [1.165, 1.54) is 49.9 Å². The Hall–Kier alpha value is -1.02. The molecule has 1 aliphatic heterocycles. The van der Waals surface area contributed by atoms with Gasteiger partial charge >= 0.3 is 0 Å². The minimum absolute atomic E-state index is 0.624. The highest BCUT2D eigenvalue weighted by atomic mass is 15.1. The van der Waals surface area contributed by atoms with E-state index in [2.05, 4.69) is 49.3 Å². The fraction of sp³-hybridized carbons (Fsp3) is 0.647. The molecular formula is C17H28N2. The number of rotatable bonds is 6. The molecule has 1 aromatic rings. The molecule has 0 bridgehead atoms. The highest BCUT2D eigenvalue weighted by Crippen LogP contribution is 2.27. The summed E-state index contributed by atoms with van der Waals surface area (Å²) in [6, 6.07) is 7.68. The van der Waals surface area contributed by atoms with Gasteiger partial charge in [0.1, 0.15) is 0 Å². The van der Waals surface area contributed by atoms with Crippen LogP contribution >= 0.6 is 0 Å². The van der Waals surface area contributed by atoms with Crippen molar-refractivity contribution >= 4 is 5.69 Å². The quantitative estimate of drug-likeness (QED) is 0.843. The Morgan fingerprint density at radius 1 is 1.37 bits per heavy atom. The van der Waals surface area contributed by atoms with Gasteiger partial charge in [-0.2, -0.15) is 0 Å². The van der Waals surface area contributed by atoms with E-state index < -0.39 is 0 Å². The van der Waals surface area contributed by atoms with Crippen molar-refractivity contribution in [3.05, 3.63) is 29.3 Å². The summed E-state index contributed by atoms with van der Waals surface area (Å²) in [4.78, 5) is 2.38.